The molecule has 72 valence electrons. The molecular weight excluding hydrogens is 174 g/mol. The summed E-state index contributed by atoms with van der Waals surface area (Å²) in [6, 6.07) is 8.29. The van der Waals surface area contributed by atoms with E-state index < -0.39 is 5.60 Å². The van der Waals surface area contributed by atoms with Crippen LogP contribution in [0.15, 0.2) is 30.5 Å². The van der Waals surface area contributed by atoms with Crippen LogP contribution in [-0.2, 0) is 6.42 Å². The maximum atomic E-state index is 9.87. The molecule has 0 unspecified atom stereocenters. The molecule has 0 atom stereocenters. The fraction of sp³-hybridized carbons (Fsp3) is 0.333. The lowest BCUT2D eigenvalue weighted by Crippen LogP contribution is -2.10. The summed E-state index contributed by atoms with van der Waals surface area (Å²) in [5, 5.41) is 11.1. The Bertz CT molecular complexity index is 468. The van der Waals surface area contributed by atoms with Crippen LogP contribution < -0.4 is 0 Å². The highest BCUT2D eigenvalue weighted by Crippen LogP contribution is 2.39. The number of fused-ring (bicyclic) bond motifs is 1. The second-order valence-electron chi connectivity index (χ2n) is 4.26. The van der Waals surface area contributed by atoms with E-state index in [9.17, 15) is 5.11 Å². The number of hydrogen-bond acceptors (Lipinski definition) is 1. The summed E-state index contributed by atoms with van der Waals surface area (Å²) in [4.78, 5) is 3.18. The lowest BCUT2D eigenvalue weighted by molar-refractivity contribution is 0.151. The van der Waals surface area contributed by atoms with E-state index in [0.29, 0.717) is 0 Å². The van der Waals surface area contributed by atoms with Gasteiger partial charge < -0.3 is 10.1 Å². The SMILES string of the molecule is OC1(Cc2cccc3[nH]ccc23)CC1. The van der Waals surface area contributed by atoms with Crippen LogP contribution in [0.3, 0.4) is 0 Å². The molecule has 2 nitrogen and oxygen atoms in total. The fourth-order valence-electron chi connectivity index (χ4n) is 1.98. The second-order valence-corrected chi connectivity index (χ2v) is 4.26. The van der Waals surface area contributed by atoms with Crippen molar-refractivity contribution in [1.29, 1.82) is 0 Å². The smallest absolute Gasteiger partial charge is 0.0690 e. The Morgan fingerprint density at radius 2 is 2.14 bits per heavy atom. The minimum absolute atomic E-state index is 0.397. The standard InChI is InChI=1S/C12H13NO/c14-12(5-6-12)8-9-2-1-3-11-10(9)4-7-13-11/h1-4,7,13-14H,5-6,8H2. The second kappa shape index (κ2) is 2.61. The zero-order chi connectivity index (χ0) is 9.60. The van der Waals surface area contributed by atoms with Gasteiger partial charge in [0.25, 0.3) is 0 Å². The Morgan fingerprint density at radius 3 is 2.93 bits per heavy atom. The van der Waals surface area contributed by atoms with Gasteiger partial charge in [-0.05, 0) is 30.5 Å². The lowest BCUT2D eigenvalue weighted by Gasteiger charge is -2.08. The number of benzene rings is 1. The zero-order valence-electron chi connectivity index (χ0n) is 7.96. The average Bonchev–Trinajstić information content (AvgIpc) is 2.73. The molecule has 2 aromatic rings. The van der Waals surface area contributed by atoms with Crippen LogP contribution in [0.4, 0.5) is 0 Å². The maximum absolute atomic E-state index is 9.87. The van der Waals surface area contributed by atoms with Crippen molar-refractivity contribution in [2.24, 2.45) is 0 Å². The first-order valence-corrected chi connectivity index (χ1v) is 5.04. The first kappa shape index (κ1) is 8.06. The van der Waals surface area contributed by atoms with Crippen molar-refractivity contribution >= 4 is 10.9 Å². The van der Waals surface area contributed by atoms with Crippen molar-refractivity contribution in [3.63, 3.8) is 0 Å². The number of H-pyrrole nitrogens is 1. The zero-order valence-corrected chi connectivity index (χ0v) is 7.96. The molecule has 1 aliphatic carbocycles. The molecule has 1 aliphatic rings. The van der Waals surface area contributed by atoms with Crippen molar-refractivity contribution < 1.29 is 5.11 Å². The van der Waals surface area contributed by atoms with Gasteiger partial charge in [0.2, 0.25) is 0 Å². The molecule has 0 amide bonds. The first-order valence-electron chi connectivity index (χ1n) is 5.04. The van der Waals surface area contributed by atoms with Gasteiger partial charge in [0, 0.05) is 23.5 Å². The number of aromatic nitrogens is 1. The van der Waals surface area contributed by atoms with Crippen LogP contribution >= 0.6 is 0 Å². The Balaban J connectivity index is 2.06. The van der Waals surface area contributed by atoms with E-state index in [0.717, 1.165) is 24.8 Å². The van der Waals surface area contributed by atoms with Gasteiger partial charge in [0.15, 0.2) is 0 Å². The summed E-state index contributed by atoms with van der Waals surface area (Å²) >= 11 is 0. The molecule has 0 radical (unpaired) electrons. The lowest BCUT2D eigenvalue weighted by atomic mass is 10.0. The quantitative estimate of drug-likeness (QED) is 0.743. The fourth-order valence-corrected chi connectivity index (χ4v) is 1.98. The Morgan fingerprint density at radius 1 is 1.29 bits per heavy atom. The molecule has 14 heavy (non-hydrogen) atoms. The van der Waals surface area contributed by atoms with E-state index in [-0.39, 0.29) is 0 Å². The summed E-state index contributed by atoms with van der Waals surface area (Å²) in [7, 11) is 0. The van der Waals surface area contributed by atoms with Gasteiger partial charge in [-0.3, -0.25) is 0 Å². The van der Waals surface area contributed by atoms with E-state index in [2.05, 4.69) is 23.2 Å². The molecule has 0 spiro atoms. The van der Waals surface area contributed by atoms with Gasteiger partial charge in [-0.25, -0.2) is 0 Å². The van der Waals surface area contributed by atoms with Crippen LogP contribution in [0.2, 0.25) is 0 Å². The Kier molecular flexibility index (Phi) is 1.50. The van der Waals surface area contributed by atoms with Crippen LogP contribution in [0.1, 0.15) is 18.4 Å². The predicted octanol–water partition coefficient (Wildman–Crippen LogP) is 2.24. The Hall–Kier alpha value is -1.28. The third-order valence-corrected chi connectivity index (χ3v) is 3.03. The van der Waals surface area contributed by atoms with Gasteiger partial charge >= 0.3 is 0 Å². The molecular formula is C12H13NO. The van der Waals surface area contributed by atoms with Crippen LogP contribution in [0.5, 0.6) is 0 Å². The topological polar surface area (TPSA) is 36.0 Å². The molecule has 0 saturated heterocycles. The first-order chi connectivity index (χ1) is 6.77. The summed E-state index contributed by atoms with van der Waals surface area (Å²) in [6.45, 7) is 0. The summed E-state index contributed by atoms with van der Waals surface area (Å²) in [5.74, 6) is 0. The van der Waals surface area contributed by atoms with Crippen molar-refractivity contribution in [1.82, 2.24) is 4.98 Å². The molecule has 1 aromatic carbocycles. The van der Waals surface area contributed by atoms with Gasteiger partial charge in [0.1, 0.15) is 0 Å². The van der Waals surface area contributed by atoms with Crippen LogP contribution in [-0.4, -0.2) is 15.7 Å². The van der Waals surface area contributed by atoms with Gasteiger partial charge in [-0.1, -0.05) is 12.1 Å². The van der Waals surface area contributed by atoms with Crippen LogP contribution in [0.25, 0.3) is 10.9 Å². The highest BCUT2D eigenvalue weighted by molar-refractivity contribution is 5.83. The molecule has 1 heterocycles. The van der Waals surface area contributed by atoms with Crippen molar-refractivity contribution in [2.45, 2.75) is 24.9 Å². The molecule has 1 aromatic heterocycles. The van der Waals surface area contributed by atoms with Gasteiger partial charge in [0.05, 0.1) is 5.60 Å². The number of aromatic amines is 1. The predicted molar refractivity (Wildman–Crippen MR) is 56.2 cm³/mol. The van der Waals surface area contributed by atoms with E-state index >= 15 is 0 Å². The molecule has 2 N–H and O–H groups in total. The monoisotopic (exact) mass is 187 g/mol. The van der Waals surface area contributed by atoms with E-state index in [1.165, 1.54) is 10.9 Å². The largest absolute Gasteiger partial charge is 0.390 e. The molecule has 3 rings (SSSR count). The summed E-state index contributed by atoms with van der Waals surface area (Å²) in [6.07, 6.45) is 4.65. The number of hydrogen-bond donors (Lipinski definition) is 2. The molecule has 1 fully saturated rings. The minimum atomic E-state index is -0.397. The highest BCUT2D eigenvalue weighted by atomic mass is 16.3. The van der Waals surface area contributed by atoms with Gasteiger partial charge in [-0.15, -0.1) is 0 Å². The van der Waals surface area contributed by atoms with E-state index in [4.69, 9.17) is 0 Å². The molecule has 2 heteroatoms. The third kappa shape index (κ3) is 1.23. The summed E-state index contributed by atoms with van der Waals surface area (Å²) < 4.78 is 0. The van der Waals surface area contributed by atoms with Crippen LogP contribution in [0, 0.1) is 0 Å². The third-order valence-electron chi connectivity index (χ3n) is 3.03. The highest BCUT2D eigenvalue weighted by Gasteiger charge is 2.40. The van der Waals surface area contributed by atoms with Crippen molar-refractivity contribution in [3.05, 3.63) is 36.0 Å². The molecule has 0 bridgehead atoms. The number of nitrogens with one attached hydrogen (secondary N) is 1. The Labute approximate surface area is 82.6 Å². The van der Waals surface area contributed by atoms with E-state index in [1.807, 2.05) is 12.3 Å². The van der Waals surface area contributed by atoms with Crippen molar-refractivity contribution in [3.8, 4) is 0 Å². The normalized spacial score (nSPS) is 18.6. The number of aliphatic hydroxyl groups is 1. The maximum Gasteiger partial charge on any atom is 0.0690 e. The minimum Gasteiger partial charge on any atom is -0.390 e. The molecule has 0 aliphatic heterocycles. The average molecular weight is 187 g/mol. The van der Waals surface area contributed by atoms with Crippen molar-refractivity contribution in [2.75, 3.05) is 0 Å². The molecule has 1 saturated carbocycles. The van der Waals surface area contributed by atoms with E-state index in [1.54, 1.807) is 0 Å². The summed E-state index contributed by atoms with van der Waals surface area (Å²) in [5.41, 5.74) is 2.02. The number of rotatable bonds is 2. The van der Waals surface area contributed by atoms with Gasteiger partial charge in [-0.2, -0.15) is 0 Å².